The van der Waals surface area contributed by atoms with E-state index >= 15 is 0 Å². The molecule has 0 bridgehead atoms. The van der Waals surface area contributed by atoms with Gasteiger partial charge < -0.3 is 10.6 Å². The lowest BCUT2D eigenvalue weighted by Gasteiger charge is -2.19. The molecule has 0 fully saturated rings. The minimum absolute atomic E-state index is 0.312. The van der Waals surface area contributed by atoms with Gasteiger partial charge in [-0.3, -0.25) is 9.67 Å². The highest BCUT2D eigenvalue weighted by Gasteiger charge is 2.14. The number of aliphatic imine (C=N–C) groups is 1. The van der Waals surface area contributed by atoms with E-state index in [0.717, 1.165) is 24.6 Å². The van der Waals surface area contributed by atoms with E-state index in [4.69, 9.17) is 0 Å². The van der Waals surface area contributed by atoms with Crippen LogP contribution in [0.1, 0.15) is 63.9 Å². The molecule has 0 aromatic carbocycles. The predicted molar refractivity (Wildman–Crippen MR) is 104 cm³/mol. The summed E-state index contributed by atoms with van der Waals surface area (Å²) in [6.07, 6.45) is 4.64. The van der Waals surface area contributed by atoms with E-state index < -0.39 is 0 Å². The van der Waals surface area contributed by atoms with Crippen LogP contribution in [0.2, 0.25) is 0 Å². The predicted octanol–water partition coefficient (Wildman–Crippen LogP) is 3.35. The Morgan fingerprint density at radius 3 is 2.42 bits per heavy atom. The normalized spacial score (nSPS) is 13.9. The summed E-state index contributed by atoms with van der Waals surface area (Å²) in [7, 11) is 3.83. The van der Waals surface area contributed by atoms with Crippen molar-refractivity contribution in [2.45, 2.75) is 73.3 Å². The second-order valence-electron chi connectivity index (χ2n) is 8.04. The van der Waals surface area contributed by atoms with Gasteiger partial charge in [-0.2, -0.15) is 5.10 Å². The number of guanidine groups is 1. The average molecular weight is 336 g/mol. The van der Waals surface area contributed by atoms with Gasteiger partial charge in [-0.15, -0.1) is 0 Å². The highest BCUT2D eigenvalue weighted by Crippen LogP contribution is 2.21. The van der Waals surface area contributed by atoms with Gasteiger partial charge in [-0.25, -0.2) is 0 Å². The largest absolute Gasteiger partial charge is 0.356 e. The number of hydrogen-bond acceptors (Lipinski definition) is 2. The quantitative estimate of drug-likeness (QED) is 0.456. The van der Waals surface area contributed by atoms with Gasteiger partial charge in [-0.1, -0.05) is 27.2 Å². The molecule has 5 heteroatoms. The van der Waals surface area contributed by atoms with Gasteiger partial charge in [0.05, 0.1) is 5.69 Å². The Balaban J connectivity index is 2.39. The van der Waals surface area contributed by atoms with Crippen LogP contribution >= 0.6 is 0 Å². The van der Waals surface area contributed by atoms with Crippen LogP contribution in [0, 0.1) is 19.3 Å². The Kier molecular flexibility index (Phi) is 7.77. The van der Waals surface area contributed by atoms with Crippen molar-refractivity contribution < 1.29 is 0 Å². The van der Waals surface area contributed by atoms with Crippen molar-refractivity contribution in [1.29, 1.82) is 0 Å². The number of aromatic nitrogens is 2. The molecule has 0 amide bonds. The molecule has 5 nitrogen and oxygen atoms in total. The fourth-order valence-electron chi connectivity index (χ4n) is 2.89. The topological polar surface area (TPSA) is 54.2 Å². The zero-order chi connectivity index (χ0) is 18.3. The fourth-order valence-corrected chi connectivity index (χ4v) is 2.89. The Morgan fingerprint density at radius 2 is 1.92 bits per heavy atom. The van der Waals surface area contributed by atoms with Gasteiger partial charge in [-0.05, 0) is 51.0 Å². The molecule has 2 N–H and O–H groups in total. The SMILES string of the molecule is CN=C(NCCCCC(C)(C)C)NC(C)Cc1c(C)nn(C)c1C. The van der Waals surface area contributed by atoms with Gasteiger partial charge in [0.2, 0.25) is 0 Å². The van der Waals surface area contributed by atoms with Gasteiger partial charge >= 0.3 is 0 Å². The molecule has 1 unspecified atom stereocenters. The lowest BCUT2D eigenvalue weighted by molar-refractivity contribution is 0.360. The van der Waals surface area contributed by atoms with E-state index in [1.807, 2.05) is 18.8 Å². The minimum atomic E-state index is 0.312. The van der Waals surface area contributed by atoms with Crippen molar-refractivity contribution >= 4 is 5.96 Å². The molecular weight excluding hydrogens is 298 g/mol. The van der Waals surface area contributed by atoms with E-state index in [2.05, 4.69) is 62.3 Å². The van der Waals surface area contributed by atoms with Crippen molar-refractivity contribution in [3.8, 4) is 0 Å². The molecule has 0 aliphatic rings. The van der Waals surface area contributed by atoms with E-state index in [1.54, 1.807) is 0 Å². The van der Waals surface area contributed by atoms with Crippen molar-refractivity contribution in [2.75, 3.05) is 13.6 Å². The summed E-state index contributed by atoms with van der Waals surface area (Å²) in [5, 5.41) is 11.4. The molecule has 24 heavy (non-hydrogen) atoms. The number of nitrogens with one attached hydrogen (secondary N) is 2. The second-order valence-corrected chi connectivity index (χ2v) is 8.04. The molecule has 1 atom stereocenters. The van der Waals surface area contributed by atoms with Gasteiger partial charge in [0, 0.05) is 32.4 Å². The van der Waals surface area contributed by atoms with Gasteiger partial charge in [0.25, 0.3) is 0 Å². The fraction of sp³-hybridized carbons (Fsp3) is 0.789. The molecule has 1 heterocycles. The molecule has 0 radical (unpaired) electrons. The summed E-state index contributed by atoms with van der Waals surface area (Å²) < 4.78 is 1.96. The Hall–Kier alpha value is -1.52. The van der Waals surface area contributed by atoms with Crippen molar-refractivity contribution in [3.05, 3.63) is 17.0 Å². The molecule has 0 saturated carbocycles. The number of rotatable bonds is 7. The highest BCUT2D eigenvalue weighted by molar-refractivity contribution is 5.79. The van der Waals surface area contributed by atoms with Crippen LogP contribution in [0.25, 0.3) is 0 Å². The minimum Gasteiger partial charge on any atom is -0.356 e. The molecule has 1 aromatic rings. The lowest BCUT2D eigenvalue weighted by atomic mass is 9.90. The number of hydrogen-bond donors (Lipinski definition) is 2. The van der Waals surface area contributed by atoms with Crippen LogP contribution in [0.5, 0.6) is 0 Å². The number of aryl methyl sites for hydroxylation is 2. The third-order valence-electron chi connectivity index (χ3n) is 4.42. The first-order valence-corrected chi connectivity index (χ1v) is 9.10. The first-order chi connectivity index (χ1) is 11.1. The van der Waals surface area contributed by atoms with E-state index in [0.29, 0.717) is 11.5 Å². The van der Waals surface area contributed by atoms with E-state index in [9.17, 15) is 0 Å². The summed E-state index contributed by atoms with van der Waals surface area (Å²) in [6.45, 7) is 14.3. The molecule has 1 aromatic heterocycles. The van der Waals surface area contributed by atoms with Crippen LogP contribution < -0.4 is 10.6 Å². The lowest BCUT2D eigenvalue weighted by Crippen LogP contribution is -2.43. The number of nitrogens with zero attached hydrogens (tertiary/aromatic N) is 3. The monoisotopic (exact) mass is 335 g/mol. The van der Waals surface area contributed by atoms with Crippen molar-refractivity contribution in [3.63, 3.8) is 0 Å². The molecule has 0 aliphatic carbocycles. The van der Waals surface area contributed by atoms with Gasteiger partial charge in [0.1, 0.15) is 0 Å². The van der Waals surface area contributed by atoms with Crippen LogP contribution in [0.15, 0.2) is 4.99 Å². The molecule has 0 spiro atoms. The molecule has 0 saturated heterocycles. The Labute approximate surface area is 148 Å². The summed E-state index contributed by atoms with van der Waals surface area (Å²) in [6, 6.07) is 0.312. The maximum Gasteiger partial charge on any atom is 0.191 e. The zero-order valence-electron chi connectivity index (χ0n) is 17.0. The summed E-state index contributed by atoms with van der Waals surface area (Å²) in [5.41, 5.74) is 4.12. The molecule has 138 valence electrons. The van der Waals surface area contributed by atoms with E-state index in [-0.39, 0.29) is 0 Å². The summed E-state index contributed by atoms with van der Waals surface area (Å²) in [4.78, 5) is 4.34. The number of unbranched alkanes of at least 4 members (excludes halogenated alkanes) is 1. The second kappa shape index (κ2) is 9.09. The first-order valence-electron chi connectivity index (χ1n) is 9.10. The average Bonchev–Trinajstić information content (AvgIpc) is 2.71. The third kappa shape index (κ3) is 6.93. The van der Waals surface area contributed by atoms with Crippen LogP contribution in [-0.4, -0.2) is 35.4 Å². The Morgan fingerprint density at radius 1 is 1.25 bits per heavy atom. The smallest absolute Gasteiger partial charge is 0.191 e. The maximum atomic E-state index is 4.50. The first kappa shape index (κ1) is 20.5. The third-order valence-corrected chi connectivity index (χ3v) is 4.42. The summed E-state index contributed by atoms with van der Waals surface area (Å²) >= 11 is 0. The van der Waals surface area contributed by atoms with Crippen molar-refractivity contribution in [2.24, 2.45) is 17.5 Å². The maximum absolute atomic E-state index is 4.50. The van der Waals surface area contributed by atoms with Crippen LogP contribution in [-0.2, 0) is 13.5 Å². The summed E-state index contributed by atoms with van der Waals surface area (Å²) in [5.74, 6) is 0.887. The highest BCUT2D eigenvalue weighted by atomic mass is 15.3. The molecule has 0 aliphatic heterocycles. The molecular formula is C19H37N5. The van der Waals surface area contributed by atoms with Crippen LogP contribution in [0.4, 0.5) is 0 Å². The standard InChI is InChI=1S/C19H37N5/c1-14(13-17-15(2)23-24(8)16(17)3)22-18(20-7)21-12-10-9-11-19(4,5)6/h14H,9-13H2,1-8H3,(H2,20,21,22). The van der Waals surface area contributed by atoms with Crippen LogP contribution in [0.3, 0.4) is 0 Å². The van der Waals surface area contributed by atoms with Crippen molar-refractivity contribution in [1.82, 2.24) is 20.4 Å². The zero-order valence-corrected chi connectivity index (χ0v) is 17.0. The van der Waals surface area contributed by atoms with E-state index in [1.165, 1.54) is 30.5 Å². The molecule has 1 rings (SSSR count). The Bertz CT molecular complexity index is 537. The van der Waals surface area contributed by atoms with Gasteiger partial charge in [0.15, 0.2) is 5.96 Å².